The number of carboxylic acid groups (broad SMARTS) is 1. The van der Waals surface area contributed by atoms with E-state index in [1.165, 1.54) is 15.6 Å². The number of nitrogens with zero attached hydrogens (tertiary/aromatic N) is 4. The van der Waals surface area contributed by atoms with Crippen molar-refractivity contribution in [1.82, 2.24) is 14.7 Å². The van der Waals surface area contributed by atoms with E-state index in [9.17, 15) is 34.2 Å². The van der Waals surface area contributed by atoms with Gasteiger partial charge < -0.3 is 10.2 Å². The zero-order chi connectivity index (χ0) is 36.3. The van der Waals surface area contributed by atoms with Crippen LogP contribution in [0.15, 0.2) is 58.6 Å². The Labute approximate surface area is 309 Å². The largest absolute Gasteiger partial charge is 0.508 e. The molecular formula is C37H32BrClN4O7S. The number of imide groups is 2. The first kappa shape index (κ1) is 33.8. The summed E-state index contributed by atoms with van der Waals surface area (Å²) in [4.78, 5) is 71.5. The van der Waals surface area contributed by atoms with Gasteiger partial charge in [0.25, 0.3) is 0 Å². The summed E-state index contributed by atoms with van der Waals surface area (Å²) < 4.78 is 3.21. The number of carbonyl (C=O) groups is 5. The number of thiophene rings is 1. The molecule has 1 saturated carbocycles. The molecule has 2 N–H and O–H groups in total. The van der Waals surface area contributed by atoms with E-state index >= 15 is 0 Å². The predicted molar refractivity (Wildman–Crippen MR) is 193 cm³/mol. The predicted octanol–water partition coefficient (Wildman–Crippen LogP) is 6.44. The van der Waals surface area contributed by atoms with Crippen LogP contribution in [-0.2, 0) is 31.0 Å². The highest BCUT2D eigenvalue weighted by Crippen LogP contribution is 2.64. The average Bonchev–Trinajstić information content (AvgIpc) is 3.75. The number of aromatic hydroxyl groups is 1. The SMILES string of the molecule is Cc1c(-c2cc(N3C(=O)[C@@H]4C[C@@H]5C(=CC[C@@H]6C(=O)N(CCC(=O)O)C(=O)[C@@H]65)[C@H](c5cc(Br)ccc5O)[C@]4(C)C3=O)n(C)n2)sc2ccc(Cl)cc12. The number of allylic oxidation sites excluding steroid dienone is 2. The summed E-state index contributed by atoms with van der Waals surface area (Å²) in [6.07, 6.45) is 1.86. The standard InChI is InChI=1S/C37H32BrClN4O7S/c1-16-21-13-18(39)5-9-27(21)51-32(16)25-15-28(41(3)40-25)43-34(48)24-14-22-19(6-7-20-30(22)35(49)42(33(20)47)11-10-29(45)46)31(37(24,2)36(43)50)23-12-17(38)4-8-26(23)44/h4-6,8-9,12-13,15,20,22,24,30-31,44H,7,10-11,14H2,1-3H3,(H,45,46)/t20-,22+,24-,30-,31+,37+/m0/s1. The van der Waals surface area contributed by atoms with E-state index in [0.29, 0.717) is 26.6 Å². The fourth-order valence-electron chi connectivity index (χ4n) is 9.04. The Kier molecular flexibility index (Phi) is 7.86. The van der Waals surface area contributed by atoms with E-state index in [-0.39, 0.29) is 31.6 Å². The maximum atomic E-state index is 15.0. The maximum Gasteiger partial charge on any atom is 0.305 e. The number of carbonyl (C=O) groups excluding carboxylic acids is 4. The number of phenols is 1. The van der Waals surface area contributed by atoms with Crippen molar-refractivity contribution >= 4 is 84.4 Å². The summed E-state index contributed by atoms with van der Waals surface area (Å²) in [6, 6.07) is 12.4. The lowest BCUT2D eigenvalue weighted by Gasteiger charge is -2.49. The molecule has 0 radical (unpaired) electrons. The Bertz CT molecular complexity index is 2280. The van der Waals surface area contributed by atoms with E-state index in [1.807, 2.05) is 31.2 Å². The monoisotopic (exact) mass is 790 g/mol. The number of hydrogen-bond donors (Lipinski definition) is 2. The number of fused-ring (bicyclic) bond motifs is 5. The van der Waals surface area contributed by atoms with E-state index in [1.54, 1.807) is 43.5 Å². The van der Waals surface area contributed by atoms with Gasteiger partial charge in [-0.3, -0.25) is 33.6 Å². The van der Waals surface area contributed by atoms with Gasteiger partial charge in [-0.1, -0.05) is 39.2 Å². The lowest BCUT2D eigenvalue weighted by atomic mass is 9.51. The van der Waals surface area contributed by atoms with Crippen molar-refractivity contribution in [2.75, 3.05) is 11.4 Å². The van der Waals surface area contributed by atoms with E-state index < -0.39 is 64.6 Å². The number of phenolic OH excluding ortho intramolecular Hbond substituents is 1. The third-order valence-corrected chi connectivity index (χ3v) is 13.5. The zero-order valence-corrected chi connectivity index (χ0v) is 30.9. The molecule has 4 heterocycles. The summed E-state index contributed by atoms with van der Waals surface area (Å²) in [7, 11) is 1.68. The van der Waals surface area contributed by atoms with Crippen LogP contribution < -0.4 is 4.90 Å². The van der Waals surface area contributed by atoms with Crippen LogP contribution in [0, 0.1) is 36.0 Å². The van der Waals surface area contributed by atoms with Gasteiger partial charge in [-0.2, -0.15) is 5.10 Å². The summed E-state index contributed by atoms with van der Waals surface area (Å²) in [5, 5.41) is 26.9. The fourth-order valence-corrected chi connectivity index (χ4v) is 10.7. The molecule has 14 heteroatoms. The molecule has 8 rings (SSSR count). The number of amides is 4. The van der Waals surface area contributed by atoms with Crippen LogP contribution in [0.4, 0.5) is 5.82 Å². The van der Waals surface area contributed by atoms with Crippen LogP contribution in [0.25, 0.3) is 20.7 Å². The van der Waals surface area contributed by atoms with Gasteiger partial charge >= 0.3 is 5.97 Å². The van der Waals surface area contributed by atoms with Gasteiger partial charge in [0.15, 0.2) is 0 Å². The van der Waals surface area contributed by atoms with Crippen LogP contribution in [0.3, 0.4) is 0 Å². The topological polar surface area (TPSA) is 150 Å². The highest BCUT2D eigenvalue weighted by atomic mass is 79.9. The molecule has 0 spiro atoms. The molecule has 262 valence electrons. The number of benzene rings is 2. The zero-order valence-electron chi connectivity index (χ0n) is 27.7. The molecule has 2 aromatic carbocycles. The van der Waals surface area contributed by atoms with Crippen molar-refractivity contribution in [3.8, 4) is 16.3 Å². The molecule has 4 aliphatic rings. The summed E-state index contributed by atoms with van der Waals surface area (Å²) in [6.45, 7) is 3.50. The maximum absolute atomic E-state index is 15.0. The second-order valence-electron chi connectivity index (χ2n) is 14.0. The first-order chi connectivity index (χ1) is 24.2. The molecule has 2 saturated heterocycles. The number of anilines is 1. The molecule has 0 bridgehead atoms. The van der Waals surface area contributed by atoms with Gasteiger partial charge in [0.05, 0.1) is 34.5 Å². The van der Waals surface area contributed by atoms with E-state index in [0.717, 1.165) is 31.0 Å². The van der Waals surface area contributed by atoms with Crippen molar-refractivity contribution in [3.63, 3.8) is 0 Å². The Morgan fingerprint density at radius 2 is 1.84 bits per heavy atom. The van der Waals surface area contributed by atoms with Gasteiger partial charge in [0, 0.05) is 45.3 Å². The van der Waals surface area contributed by atoms with Crippen molar-refractivity contribution in [1.29, 1.82) is 0 Å². The van der Waals surface area contributed by atoms with Crippen LogP contribution >= 0.6 is 38.9 Å². The van der Waals surface area contributed by atoms with Gasteiger partial charge in [-0.05, 0) is 80.0 Å². The lowest BCUT2D eigenvalue weighted by molar-refractivity contribution is -0.142. The van der Waals surface area contributed by atoms with E-state index in [2.05, 4.69) is 15.9 Å². The minimum absolute atomic E-state index is 0.0642. The fraction of sp³-hybridized carbons (Fsp3) is 0.351. The molecule has 2 aliphatic heterocycles. The minimum atomic E-state index is -1.37. The first-order valence-corrected chi connectivity index (χ1v) is 18.6. The Balaban J connectivity index is 1.24. The number of aliphatic carboxylic acids is 1. The normalized spacial score (nSPS) is 27.2. The van der Waals surface area contributed by atoms with Crippen molar-refractivity contribution in [3.05, 3.63) is 74.7 Å². The number of carboxylic acids is 1. The van der Waals surface area contributed by atoms with Crippen LogP contribution in [-0.4, -0.2) is 61.0 Å². The minimum Gasteiger partial charge on any atom is -0.508 e. The van der Waals surface area contributed by atoms with Gasteiger partial charge in [-0.15, -0.1) is 11.3 Å². The first-order valence-electron chi connectivity index (χ1n) is 16.6. The van der Waals surface area contributed by atoms with Crippen molar-refractivity contribution in [2.24, 2.45) is 36.1 Å². The molecule has 11 nitrogen and oxygen atoms in total. The third-order valence-electron chi connectivity index (χ3n) is 11.4. The number of aryl methyl sites for hydroxylation is 2. The van der Waals surface area contributed by atoms with Crippen LogP contribution in [0.5, 0.6) is 5.75 Å². The lowest BCUT2D eigenvalue weighted by Crippen LogP contribution is -2.49. The second-order valence-corrected chi connectivity index (χ2v) is 16.4. The third kappa shape index (κ3) is 4.87. The van der Waals surface area contributed by atoms with Crippen molar-refractivity contribution < 1.29 is 34.2 Å². The highest BCUT2D eigenvalue weighted by Gasteiger charge is 2.68. The second kappa shape index (κ2) is 11.9. The summed E-state index contributed by atoms with van der Waals surface area (Å²) in [5.41, 5.74) is 1.36. The quantitative estimate of drug-likeness (QED) is 0.168. The number of likely N-dealkylation sites (tertiary alicyclic amines) is 1. The molecule has 2 aliphatic carbocycles. The van der Waals surface area contributed by atoms with Gasteiger partial charge in [-0.25, -0.2) is 4.90 Å². The average molecular weight is 792 g/mol. The Morgan fingerprint density at radius 1 is 1.08 bits per heavy atom. The molecule has 51 heavy (non-hydrogen) atoms. The van der Waals surface area contributed by atoms with Gasteiger partial charge in [0.2, 0.25) is 23.6 Å². The highest BCUT2D eigenvalue weighted by molar-refractivity contribution is 9.10. The smallest absolute Gasteiger partial charge is 0.305 e. The number of aromatic nitrogens is 2. The summed E-state index contributed by atoms with van der Waals surface area (Å²) >= 11 is 11.3. The number of rotatable bonds is 6. The Hall–Kier alpha value is -4.33. The molecular weight excluding hydrogens is 760 g/mol. The summed E-state index contributed by atoms with van der Waals surface area (Å²) in [5.74, 6) is -6.51. The Morgan fingerprint density at radius 3 is 2.59 bits per heavy atom. The molecule has 4 aromatic rings. The van der Waals surface area contributed by atoms with Crippen molar-refractivity contribution in [2.45, 2.75) is 39.0 Å². The molecule has 0 unspecified atom stereocenters. The van der Waals surface area contributed by atoms with Crippen LogP contribution in [0.1, 0.15) is 43.2 Å². The van der Waals surface area contributed by atoms with E-state index in [4.69, 9.17) is 16.7 Å². The van der Waals surface area contributed by atoms with Gasteiger partial charge in [0.1, 0.15) is 17.3 Å². The van der Waals surface area contributed by atoms with Crippen LogP contribution in [0.2, 0.25) is 5.02 Å². The molecule has 4 amide bonds. The molecule has 3 fully saturated rings. The number of hydrogen-bond acceptors (Lipinski definition) is 8. The number of halogens is 2. The molecule has 6 atom stereocenters. The molecule has 2 aromatic heterocycles.